The van der Waals surface area contributed by atoms with Crippen molar-refractivity contribution >= 4 is 17.2 Å². The predicted octanol–water partition coefficient (Wildman–Crippen LogP) is 2.40. The van der Waals surface area contributed by atoms with Crippen LogP contribution in [0.1, 0.15) is 24.1 Å². The average Bonchev–Trinajstić information content (AvgIpc) is 2.99. The minimum absolute atomic E-state index is 0.303. The average molecular weight is 264 g/mol. The Labute approximate surface area is 112 Å². The van der Waals surface area contributed by atoms with E-state index in [0.717, 1.165) is 32.5 Å². The summed E-state index contributed by atoms with van der Waals surface area (Å²) in [5.74, 6) is 0.303. The smallest absolute Gasteiger partial charge is 0.223 e. The van der Waals surface area contributed by atoms with Gasteiger partial charge in [-0.25, -0.2) is 0 Å². The predicted molar refractivity (Wildman–Crippen MR) is 75.6 cm³/mol. The third kappa shape index (κ3) is 3.43. The Morgan fingerprint density at radius 1 is 1.61 bits per heavy atom. The van der Waals surface area contributed by atoms with Crippen LogP contribution in [0, 0.1) is 0 Å². The van der Waals surface area contributed by atoms with Crippen molar-refractivity contribution in [3.8, 4) is 0 Å². The molecule has 1 aromatic rings. The minimum Gasteiger partial charge on any atom is -0.335 e. The molecular formula is C14H20N2OS. The Hall–Kier alpha value is -1.13. The highest BCUT2D eigenvalue weighted by Crippen LogP contribution is 2.24. The van der Waals surface area contributed by atoms with E-state index in [9.17, 15) is 4.79 Å². The molecular weight excluding hydrogens is 244 g/mol. The van der Waals surface area contributed by atoms with Crippen LogP contribution in [0.25, 0.3) is 0 Å². The lowest BCUT2D eigenvalue weighted by atomic mass is 10.1. The van der Waals surface area contributed by atoms with Crippen molar-refractivity contribution in [2.75, 3.05) is 13.1 Å². The lowest BCUT2D eigenvalue weighted by Gasteiger charge is -2.24. The number of nitrogens with zero attached hydrogens (tertiary/aromatic N) is 1. The fourth-order valence-corrected chi connectivity index (χ4v) is 3.06. The largest absolute Gasteiger partial charge is 0.335 e. The third-order valence-corrected chi connectivity index (χ3v) is 4.16. The van der Waals surface area contributed by atoms with Gasteiger partial charge >= 0.3 is 0 Å². The summed E-state index contributed by atoms with van der Waals surface area (Å²) >= 11 is 1.72. The van der Waals surface area contributed by atoms with Crippen molar-refractivity contribution in [1.82, 2.24) is 10.2 Å². The van der Waals surface area contributed by atoms with E-state index in [1.165, 1.54) is 4.88 Å². The topological polar surface area (TPSA) is 32.3 Å². The Balaban J connectivity index is 1.85. The summed E-state index contributed by atoms with van der Waals surface area (Å²) in [6.07, 6.45) is 4.60. The molecule has 1 N–H and O–H groups in total. The van der Waals surface area contributed by atoms with E-state index in [1.807, 2.05) is 17.0 Å². The summed E-state index contributed by atoms with van der Waals surface area (Å²) in [7, 11) is 0. The Morgan fingerprint density at radius 3 is 3.22 bits per heavy atom. The van der Waals surface area contributed by atoms with Crippen LogP contribution in [0.4, 0.5) is 0 Å². The molecule has 2 rings (SSSR count). The van der Waals surface area contributed by atoms with Crippen LogP contribution < -0.4 is 5.32 Å². The summed E-state index contributed by atoms with van der Waals surface area (Å²) < 4.78 is 0. The summed E-state index contributed by atoms with van der Waals surface area (Å²) in [4.78, 5) is 15.2. The van der Waals surface area contributed by atoms with E-state index in [-0.39, 0.29) is 0 Å². The van der Waals surface area contributed by atoms with E-state index in [4.69, 9.17) is 0 Å². The number of hydrogen-bond donors (Lipinski definition) is 1. The number of amides is 1. The van der Waals surface area contributed by atoms with Gasteiger partial charge in [0.25, 0.3) is 0 Å². The van der Waals surface area contributed by atoms with Crippen molar-refractivity contribution in [2.24, 2.45) is 0 Å². The quantitative estimate of drug-likeness (QED) is 0.606. The highest BCUT2D eigenvalue weighted by Gasteiger charge is 2.30. The van der Waals surface area contributed by atoms with Crippen LogP contribution in [0.2, 0.25) is 0 Å². The molecule has 1 saturated heterocycles. The molecule has 4 heteroatoms. The van der Waals surface area contributed by atoms with Crippen LogP contribution in [0.5, 0.6) is 0 Å². The molecule has 1 aliphatic rings. The first-order valence-electron chi connectivity index (χ1n) is 6.44. The van der Waals surface area contributed by atoms with Gasteiger partial charge in [-0.15, -0.1) is 17.9 Å². The second-order valence-corrected chi connectivity index (χ2v) is 5.61. The Bertz CT molecular complexity index is 389. The van der Waals surface area contributed by atoms with Crippen molar-refractivity contribution < 1.29 is 4.79 Å². The summed E-state index contributed by atoms with van der Waals surface area (Å²) in [5.41, 5.74) is 0. The zero-order chi connectivity index (χ0) is 12.8. The van der Waals surface area contributed by atoms with Gasteiger partial charge in [-0.05, 0) is 30.8 Å². The van der Waals surface area contributed by atoms with Gasteiger partial charge in [0.1, 0.15) is 0 Å². The molecule has 0 radical (unpaired) electrons. The molecule has 2 heterocycles. The third-order valence-electron chi connectivity index (χ3n) is 3.30. The van der Waals surface area contributed by atoms with Crippen molar-refractivity contribution in [3.63, 3.8) is 0 Å². The first-order chi connectivity index (χ1) is 8.81. The molecule has 1 unspecified atom stereocenters. The molecule has 0 spiro atoms. The molecule has 18 heavy (non-hydrogen) atoms. The van der Waals surface area contributed by atoms with Gasteiger partial charge < -0.3 is 10.2 Å². The Morgan fingerprint density at radius 2 is 2.50 bits per heavy atom. The van der Waals surface area contributed by atoms with Crippen LogP contribution in [-0.2, 0) is 11.3 Å². The van der Waals surface area contributed by atoms with Crippen molar-refractivity contribution in [3.05, 3.63) is 35.0 Å². The monoisotopic (exact) mass is 264 g/mol. The minimum atomic E-state index is 0.303. The maximum absolute atomic E-state index is 11.9. The summed E-state index contributed by atoms with van der Waals surface area (Å²) in [5, 5.41) is 5.37. The maximum Gasteiger partial charge on any atom is 0.223 e. The number of nitrogens with one attached hydrogen (secondary N) is 1. The molecule has 0 saturated carbocycles. The van der Waals surface area contributed by atoms with E-state index >= 15 is 0 Å². The molecule has 1 aliphatic heterocycles. The maximum atomic E-state index is 11.9. The number of hydrogen-bond acceptors (Lipinski definition) is 3. The molecule has 1 amide bonds. The molecule has 0 aliphatic carbocycles. The first-order valence-corrected chi connectivity index (χ1v) is 7.32. The van der Waals surface area contributed by atoms with Gasteiger partial charge in [0.05, 0.1) is 6.54 Å². The van der Waals surface area contributed by atoms with Gasteiger partial charge in [-0.3, -0.25) is 4.79 Å². The molecule has 1 fully saturated rings. The standard InChI is InChI=1S/C14H20N2OS/c1-2-8-15-9-7-12-5-6-14(17)16(12)11-13-4-3-10-18-13/h2-4,10,12,15H,1,5-9,11H2. The van der Waals surface area contributed by atoms with E-state index in [0.29, 0.717) is 18.4 Å². The molecule has 98 valence electrons. The van der Waals surface area contributed by atoms with Crippen molar-refractivity contribution in [1.29, 1.82) is 0 Å². The summed E-state index contributed by atoms with van der Waals surface area (Å²) in [6.45, 7) is 6.25. The van der Waals surface area contributed by atoms with Gasteiger partial charge in [0, 0.05) is 23.9 Å². The fourth-order valence-electron chi connectivity index (χ4n) is 2.35. The first kappa shape index (κ1) is 13.3. The van der Waals surface area contributed by atoms with Crippen LogP contribution in [0.3, 0.4) is 0 Å². The van der Waals surface area contributed by atoms with Gasteiger partial charge in [0.15, 0.2) is 0 Å². The SMILES string of the molecule is C=CCNCCC1CCC(=O)N1Cc1cccs1. The zero-order valence-electron chi connectivity index (χ0n) is 10.6. The van der Waals surface area contributed by atoms with Crippen molar-refractivity contribution in [2.45, 2.75) is 31.8 Å². The van der Waals surface area contributed by atoms with Gasteiger partial charge in [0.2, 0.25) is 5.91 Å². The molecule has 0 bridgehead atoms. The second kappa shape index (κ2) is 6.71. The van der Waals surface area contributed by atoms with Gasteiger partial charge in [-0.2, -0.15) is 0 Å². The Kier molecular flexibility index (Phi) is 4.96. The lowest BCUT2D eigenvalue weighted by Crippen LogP contribution is -2.34. The van der Waals surface area contributed by atoms with E-state index in [2.05, 4.69) is 23.3 Å². The highest BCUT2D eigenvalue weighted by molar-refractivity contribution is 7.09. The molecule has 3 nitrogen and oxygen atoms in total. The molecule has 0 aromatic carbocycles. The normalized spacial score (nSPS) is 19.4. The second-order valence-electron chi connectivity index (χ2n) is 4.57. The van der Waals surface area contributed by atoms with E-state index < -0.39 is 0 Å². The van der Waals surface area contributed by atoms with E-state index in [1.54, 1.807) is 11.3 Å². The number of carbonyl (C=O) groups is 1. The highest BCUT2D eigenvalue weighted by atomic mass is 32.1. The lowest BCUT2D eigenvalue weighted by molar-refractivity contribution is -0.129. The zero-order valence-corrected chi connectivity index (χ0v) is 11.4. The molecule has 1 atom stereocenters. The number of carbonyl (C=O) groups excluding carboxylic acids is 1. The van der Waals surface area contributed by atoms with Crippen LogP contribution in [-0.4, -0.2) is 29.9 Å². The van der Waals surface area contributed by atoms with Crippen LogP contribution >= 0.6 is 11.3 Å². The van der Waals surface area contributed by atoms with Crippen LogP contribution in [0.15, 0.2) is 30.2 Å². The fraction of sp³-hybridized carbons (Fsp3) is 0.500. The molecule has 1 aromatic heterocycles. The number of rotatable bonds is 7. The van der Waals surface area contributed by atoms with Gasteiger partial charge in [-0.1, -0.05) is 12.1 Å². The number of thiophene rings is 1. The number of likely N-dealkylation sites (tertiary alicyclic amines) is 1. The summed E-state index contributed by atoms with van der Waals surface area (Å²) in [6, 6.07) is 4.54.